The minimum absolute atomic E-state index is 0.111. The minimum atomic E-state index is -2.34. The summed E-state index contributed by atoms with van der Waals surface area (Å²) in [6.07, 6.45) is -1.40. The third-order valence-electron chi connectivity index (χ3n) is 4.13. The second-order valence-corrected chi connectivity index (χ2v) is 6.40. The molecule has 0 radical (unpaired) electrons. The number of nitrogens with zero attached hydrogens (tertiary/aromatic N) is 3. The molecule has 6 heteroatoms. The number of hydrogen-bond donors (Lipinski definition) is 1. The number of rotatable bonds is 5. The maximum absolute atomic E-state index is 12.5. The smallest absolute Gasteiger partial charge is 0.409 e. The van der Waals surface area contributed by atoms with Gasteiger partial charge in [0.1, 0.15) is 5.75 Å². The van der Waals surface area contributed by atoms with E-state index in [1.54, 1.807) is 23.1 Å². The first-order valence-electron chi connectivity index (χ1n) is 9.88. The monoisotopic (exact) mass is 334 g/mol. The van der Waals surface area contributed by atoms with Gasteiger partial charge in [0.05, 0.1) is 0 Å². The second kappa shape index (κ2) is 6.83. The predicted octanol–water partition coefficient (Wildman–Crippen LogP) is 2.02. The van der Waals surface area contributed by atoms with Gasteiger partial charge in [-0.05, 0) is 52.3 Å². The van der Waals surface area contributed by atoms with Crippen LogP contribution in [-0.2, 0) is 6.37 Å². The van der Waals surface area contributed by atoms with Crippen molar-refractivity contribution in [3.05, 3.63) is 30.0 Å². The summed E-state index contributed by atoms with van der Waals surface area (Å²) >= 11 is 0. The Hall–Kier alpha value is -2.05. The third-order valence-corrected chi connectivity index (χ3v) is 4.13. The number of nitrogens with one attached hydrogen (secondary N) is 1. The molecule has 0 aliphatic carbocycles. The average Bonchev–Trinajstić information content (AvgIpc) is 2.98. The van der Waals surface area contributed by atoms with E-state index >= 15 is 0 Å². The number of carbonyl (C=O) groups excluding carboxylic acids is 1. The highest BCUT2D eigenvalue weighted by Gasteiger charge is 2.33. The Bertz CT molecular complexity index is 876. The fourth-order valence-electron chi connectivity index (χ4n) is 2.60. The molecule has 0 atom stereocenters. The van der Waals surface area contributed by atoms with Crippen LogP contribution in [0.4, 0.5) is 4.79 Å². The summed E-state index contributed by atoms with van der Waals surface area (Å²) in [6, 6.07) is 5.35. The van der Waals surface area contributed by atoms with Gasteiger partial charge in [0.25, 0.3) is 0 Å². The molecule has 24 heavy (non-hydrogen) atoms. The van der Waals surface area contributed by atoms with Gasteiger partial charge in [-0.1, -0.05) is 6.07 Å². The Kier molecular flexibility index (Phi) is 3.51. The van der Waals surface area contributed by atoms with E-state index in [1.165, 1.54) is 25.2 Å². The Balaban J connectivity index is 1.93. The minimum Gasteiger partial charge on any atom is -0.409 e. The summed E-state index contributed by atoms with van der Waals surface area (Å²) in [6.45, 7) is -1.12. The number of likely N-dealkylation sites (N-methyl/N-ethyl adjacent to an activating group) is 2. The largest absolute Gasteiger partial charge is 0.415 e. The van der Waals surface area contributed by atoms with Crippen molar-refractivity contribution in [2.75, 3.05) is 47.8 Å². The molecular formula is C18H26N4O2. The number of benzene rings is 1. The van der Waals surface area contributed by atoms with E-state index in [0.717, 1.165) is 0 Å². The molecule has 130 valence electrons. The highest BCUT2D eigenvalue weighted by molar-refractivity contribution is 5.91. The second-order valence-electron chi connectivity index (χ2n) is 6.40. The van der Waals surface area contributed by atoms with Crippen LogP contribution < -0.4 is 4.74 Å². The molecule has 1 fully saturated rings. The molecule has 0 spiro atoms. The Morgan fingerprint density at radius 2 is 2.12 bits per heavy atom. The topological polar surface area (TPSA) is 51.8 Å². The van der Waals surface area contributed by atoms with E-state index in [0.29, 0.717) is 30.0 Å². The molecule has 0 saturated carbocycles. The van der Waals surface area contributed by atoms with Crippen LogP contribution >= 0.6 is 0 Å². The number of carbonyl (C=O) groups is 1. The van der Waals surface area contributed by atoms with Crippen LogP contribution in [0.1, 0.15) is 11.0 Å². The van der Waals surface area contributed by atoms with Gasteiger partial charge in [0.2, 0.25) is 0 Å². The third kappa shape index (κ3) is 3.39. The number of aromatic nitrogens is 1. The quantitative estimate of drug-likeness (QED) is 0.909. The lowest BCUT2D eigenvalue weighted by molar-refractivity contribution is 0.0641. The molecule has 1 saturated heterocycles. The number of H-pyrrole nitrogens is 1. The van der Waals surface area contributed by atoms with E-state index in [-0.39, 0.29) is 11.3 Å². The molecule has 6 nitrogen and oxygen atoms in total. The maximum Gasteiger partial charge on any atom is 0.415 e. The molecule has 3 rings (SSSR count). The molecular weight excluding hydrogens is 304 g/mol. The summed E-state index contributed by atoms with van der Waals surface area (Å²) in [5.74, 6) is 0.213. The van der Waals surface area contributed by atoms with Crippen LogP contribution in [0.3, 0.4) is 0 Å². The molecule has 0 bridgehead atoms. The molecule has 0 unspecified atom stereocenters. The van der Waals surface area contributed by atoms with Gasteiger partial charge < -0.3 is 24.4 Å². The molecule has 1 aromatic heterocycles. The fraction of sp³-hybridized carbons (Fsp3) is 0.500. The molecule has 2 heterocycles. The fourth-order valence-corrected chi connectivity index (χ4v) is 2.60. The van der Waals surface area contributed by atoms with Crippen LogP contribution in [0.15, 0.2) is 24.4 Å². The summed E-state index contributed by atoms with van der Waals surface area (Å²) in [7, 11) is 6.89. The molecule has 1 amide bonds. The van der Waals surface area contributed by atoms with E-state index in [2.05, 4.69) is 4.98 Å². The number of amides is 1. The predicted molar refractivity (Wildman–Crippen MR) is 95.6 cm³/mol. The average molecular weight is 334 g/mol. The van der Waals surface area contributed by atoms with Gasteiger partial charge in [-0.2, -0.15) is 0 Å². The van der Waals surface area contributed by atoms with E-state index in [1.807, 2.05) is 19.0 Å². The summed E-state index contributed by atoms with van der Waals surface area (Å²) in [5.41, 5.74) is 0.688. The number of fused-ring (bicyclic) bond motifs is 1. The molecule has 2 aromatic rings. The van der Waals surface area contributed by atoms with Gasteiger partial charge in [0.15, 0.2) is 0 Å². The zero-order valence-corrected chi connectivity index (χ0v) is 14.5. The molecule has 1 aliphatic rings. The SMILES string of the molecule is [2H]C([2H])(c1c[nH]c2cccc(OC(=O)N3CC(N(C)C)C3)c12)C([2H])([2H])N(C)C. The number of aryl methyl sites for hydroxylation is 1. The van der Waals surface area contributed by atoms with Gasteiger partial charge in [-0.25, -0.2) is 4.79 Å². The van der Waals surface area contributed by atoms with Crippen molar-refractivity contribution in [2.24, 2.45) is 0 Å². The maximum atomic E-state index is 12.5. The van der Waals surface area contributed by atoms with Crippen molar-refractivity contribution in [3.63, 3.8) is 0 Å². The lowest BCUT2D eigenvalue weighted by Gasteiger charge is -2.41. The summed E-state index contributed by atoms with van der Waals surface area (Å²) in [5, 5.41) is 0.372. The van der Waals surface area contributed by atoms with Crippen molar-refractivity contribution in [1.82, 2.24) is 19.7 Å². The molecule has 1 aromatic carbocycles. The van der Waals surface area contributed by atoms with Crippen molar-refractivity contribution in [1.29, 1.82) is 0 Å². The van der Waals surface area contributed by atoms with E-state index in [9.17, 15) is 4.79 Å². The van der Waals surface area contributed by atoms with E-state index in [4.69, 9.17) is 10.2 Å². The number of likely N-dealkylation sites (tertiary alicyclic amines) is 1. The van der Waals surface area contributed by atoms with Gasteiger partial charge in [0, 0.05) is 48.2 Å². The zero-order chi connectivity index (χ0) is 20.9. The van der Waals surface area contributed by atoms with Crippen LogP contribution in [0.2, 0.25) is 0 Å². The van der Waals surface area contributed by atoms with E-state index < -0.39 is 19.0 Å². The molecule has 1 aliphatic heterocycles. The lowest BCUT2D eigenvalue weighted by Crippen LogP contribution is -2.59. The van der Waals surface area contributed by atoms with Gasteiger partial charge >= 0.3 is 6.09 Å². The first-order chi connectivity index (χ1) is 13.0. The van der Waals surface area contributed by atoms with Crippen molar-refractivity contribution in [2.45, 2.75) is 12.4 Å². The Labute approximate surface area is 148 Å². The Morgan fingerprint density at radius 1 is 1.38 bits per heavy atom. The lowest BCUT2D eigenvalue weighted by atomic mass is 10.1. The first kappa shape index (κ1) is 12.3. The van der Waals surface area contributed by atoms with Crippen LogP contribution in [0.25, 0.3) is 10.9 Å². The Morgan fingerprint density at radius 3 is 2.79 bits per heavy atom. The highest BCUT2D eigenvalue weighted by Crippen LogP contribution is 2.30. The number of hydrogen-bond acceptors (Lipinski definition) is 4. The molecule has 1 N–H and O–H groups in total. The first-order valence-corrected chi connectivity index (χ1v) is 7.88. The summed E-state index contributed by atoms with van der Waals surface area (Å²) < 4.78 is 38.9. The zero-order valence-electron chi connectivity index (χ0n) is 18.5. The standard InChI is InChI=1S/C18H26N4O2/c1-20(2)9-8-13-10-19-15-6-5-7-16(17(13)15)24-18(23)22-11-14(12-22)21(3)4/h5-7,10,14,19H,8-9,11-12H2,1-4H3/i8D2,9D2. The van der Waals surface area contributed by atoms with Crippen LogP contribution in [-0.4, -0.2) is 79.6 Å². The normalized spacial score (nSPS) is 19.0. The van der Waals surface area contributed by atoms with Gasteiger partial charge in [-0.3, -0.25) is 0 Å². The van der Waals surface area contributed by atoms with Crippen LogP contribution in [0.5, 0.6) is 5.75 Å². The van der Waals surface area contributed by atoms with Crippen molar-refractivity contribution >= 4 is 17.0 Å². The van der Waals surface area contributed by atoms with Crippen LogP contribution in [0, 0.1) is 0 Å². The van der Waals surface area contributed by atoms with Crippen molar-refractivity contribution in [3.8, 4) is 5.75 Å². The summed E-state index contributed by atoms with van der Waals surface area (Å²) in [4.78, 5) is 20.3. The van der Waals surface area contributed by atoms with Crippen molar-refractivity contribution < 1.29 is 15.0 Å². The highest BCUT2D eigenvalue weighted by atomic mass is 16.6. The number of aromatic amines is 1. The van der Waals surface area contributed by atoms with Gasteiger partial charge in [-0.15, -0.1) is 0 Å². The number of ether oxygens (including phenoxy) is 1.